The molecule has 0 radical (unpaired) electrons. The molecule has 27 nitrogen and oxygen atoms in total. The number of hydrogen-bond donors (Lipinski definition) is 9. The molecular weight excluding hydrogens is 1490 g/mol. The predicted molar refractivity (Wildman–Crippen MR) is 420 cm³/mol. The predicted octanol–water partition coefficient (Wildman–Crippen LogP) is 8.80. The molecule has 8 aromatic rings. The van der Waals surface area contributed by atoms with Crippen molar-refractivity contribution in [1.29, 1.82) is 10.5 Å². The number of nitrogens with zero attached hydrogens (tertiary/aromatic N) is 6. The van der Waals surface area contributed by atoms with E-state index in [1.54, 1.807) is 26.0 Å². The number of aliphatic carboxylic acids is 1. The third-order valence-electron chi connectivity index (χ3n) is 25.3. The monoisotopic (exact) mass is 1580 g/mol. The minimum Gasteiger partial charge on any atom is -0.504 e. The van der Waals surface area contributed by atoms with Gasteiger partial charge in [0, 0.05) is 110 Å². The lowest BCUT2D eigenvalue weighted by atomic mass is 9.71. The van der Waals surface area contributed by atoms with Crippen molar-refractivity contribution < 1.29 is 82.6 Å². The van der Waals surface area contributed by atoms with Gasteiger partial charge in [-0.1, -0.05) is 48.5 Å². The number of aliphatic hydroxyl groups excluding tert-OH is 2. The molecule has 4 saturated heterocycles. The van der Waals surface area contributed by atoms with E-state index in [0.717, 1.165) is 112 Å². The van der Waals surface area contributed by atoms with Crippen LogP contribution in [0.4, 0.5) is 0 Å². The van der Waals surface area contributed by atoms with Gasteiger partial charge in [0.1, 0.15) is 25.3 Å². The molecule has 2 aromatic heterocycles. The first-order valence-corrected chi connectivity index (χ1v) is 40.1. The van der Waals surface area contributed by atoms with Crippen molar-refractivity contribution in [3.05, 3.63) is 162 Å². The molecule has 8 bridgehead atoms. The number of para-hydroxylation sites is 2. The third-order valence-corrected chi connectivity index (χ3v) is 28.1. The number of H-pyrrole nitrogens is 2. The Kier molecular flexibility index (Phi) is 20.4. The van der Waals surface area contributed by atoms with Crippen molar-refractivity contribution in [2.75, 3.05) is 79.8 Å². The molecule has 14 heterocycles. The molecule has 1 spiro atoms. The largest absolute Gasteiger partial charge is 0.504 e. The molecule has 12 aliphatic heterocycles. The number of rotatable bonds is 6. The van der Waals surface area contributed by atoms with E-state index in [1.807, 2.05) is 77.3 Å². The van der Waals surface area contributed by atoms with E-state index >= 15 is 0 Å². The maximum Gasteiger partial charge on any atom is 0.375 e. The van der Waals surface area contributed by atoms with Crippen molar-refractivity contribution in [3.8, 4) is 58.1 Å². The van der Waals surface area contributed by atoms with Crippen molar-refractivity contribution in [1.82, 2.24) is 34.9 Å². The number of likely N-dealkylation sites (N-methyl/N-ethyl adjacent to an activating group) is 2. The number of ether oxygens (including phenoxy) is 8. The number of esters is 2. The van der Waals surface area contributed by atoms with Crippen LogP contribution in [0.5, 0.6) is 46.0 Å². The molecule has 0 amide bonds. The first-order chi connectivity index (χ1) is 54.4. The summed E-state index contributed by atoms with van der Waals surface area (Å²) in [6.07, 6.45) is 4.34. The van der Waals surface area contributed by atoms with Gasteiger partial charge in [0.15, 0.2) is 51.5 Å². The van der Waals surface area contributed by atoms with Crippen LogP contribution in [-0.2, 0) is 59.9 Å². The average Bonchev–Trinajstić information content (AvgIpc) is 1.36. The molecule has 0 unspecified atom stereocenters. The quantitative estimate of drug-likeness (QED) is 0.0554. The molecule has 29 heteroatoms. The Morgan fingerprint density at radius 3 is 1.68 bits per heavy atom. The zero-order valence-electron chi connectivity index (χ0n) is 64.6. The number of hydrogen-bond acceptors (Lipinski definition) is 26. The van der Waals surface area contributed by atoms with Crippen molar-refractivity contribution >= 4 is 69.0 Å². The second kappa shape index (κ2) is 29.9. The lowest BCUT2D eigenvalue weighted by molar-refractivity contribution is -0.158. The smallest absolute Gasteiger partial charge is 0.375 e. The number of carbonyl (C=O) groups excluding carboxylic acids is 3. The highest BCUT2D eigenvalue weighted by Crippen LogP contribution is 2.66. The second-order valence-electron chi connectivity index (χ2n) is 31.2. The summed E-state index contributed by atoms with van der Waals surface area (Å²) in [6.45, 7) is 13.0. The summed E-state index contributed by atoms with van der Waals surface area (Å²) in [5.41, 5.74) is 22.5. The first kappa shape index (κ1) is 77.2. The zero-order chi connectivity index (χ0) is 79.8. The number of aromatic amines is 2. The van der Waals surface area contributed by atoms with Gasteiger partial charge in [0.25, 0.3) is 5.97 Å². The van der Waals surface area contributed by atoms with Crippen LogP contribution in [0.3, 0.4) is 0 Å². The normalized spacial score (nSPS) is 27.6. The minimum absolute atomic E-state index is 0.0273. The maximum absolute atomic E-state index is 14.9. The SMILES string of the molecule is CC(=O)O.COc1c(C)cc2c(c1O)[C@@H]1[C@@H]3[C@@H]4SCC(=O)C(=O)OC[C@@H](c5c6c(c(C)c(C)c54)OCO6)N3[C@@H](C#N)[C@H](C2)N1C.COc1c(C)cc2c(c1O)[C@@H]1[C@@H]3[C@@H]4SC[C@]5(N[C@@H](CO)Cc6c5[nH]c5ccccc65)C(=O)OC[C@@H](c5c6c(c(C)c(C)c54)OCO6)N3[C@@H](C#N)[C@H](C2)N1C.N[C@@H](CO)Cc1c[nH]c2ccccc12. The van der Waals surface area contributed by atoms with E-state index in [-0.39, 0.29) is 122 Å². The number of fused-ring (bicyclic) bond motifs is 21. The highest BCUT2D eigenvalue weighted by atomic mass is 32.2. The van der Waals surface area contributed by atoms with Gasteiger partial charge in [-0.25, -0.2) is 9.59 Å². The summed E-state index contributed by atoms with van der Waals surface area (Å²) in [5, 5.41) is 77.7. The number of nitrogens with one attached hydrogen (secondary N) is 3. The van der Waals surface area contributed by atoms with Gasteiger partial charge in [-0.15, -0.1) is 23.5 Å². The fourth-order valence-corrected chi connectivity index (χ4v) is 23.5. The minimum atomic E-state index is -1.31. The number of aliphatic hydroxyl groups is 2. The van der Waals surface area contributed by atoms with Crippen molar-refractivity contribution in [3.63, 3.8) is 0 Å². The van der Waals surface area contributed by atoms with Crippen LogP contribution in [-0.4, -0.2) is 207 Å². The Labute approximate surface area is 661 Å². The molecule has 0 aliphatic carbocycles. The number of carbonyl (C=O) groups is 4. The lowest BCUT2D eigenvalue weighted by Gasteiger charge is -2.62. The Hall–Kier alpha value is -9.76. The van der Waals surface area contributed by atoms with Gasteiger partial charge in [0.05, 0.1) is 75.2 Å². The van der Waals surface area contributed by atoms with Crippen LogP contribution in [0, 0.1) is 64.2 Å². The van der Waals surface area contributed by atoms with Gasteiger partial charge in [0.2, 0.25) is 19.4 Å². The van der Waals surface area contributed by atoms with E-state index in [2.05, 4.69) is 92.2 Å². The molecule has 6 aromatic carbocycles. The standard InChI is InChI=1S/C41H43N5O7S.C30H31N3O7S.C11H14N2O.C2H4O2/c1-18-10-21-11-26-27(13-42)46-28-15-51-40(49)41(39-24(12-22(14-47)44-41)23-8-6-7-9-25(23)43-39)16-54-38(29-19(2)20(3)36-37(31(28)29)53-17-52-36)33(46)32(45(26)4)30(21)34(48)35(18)50-5;1-12-6-15-7-16-17(8-31)33-18-9-38-30(36)19(34)10-41-29(20-13(2)14(3)27-28(22(18)20)40-11-39-27)24(33)23(32(16)4)21(15)25(35)26(12)37-5;12-9(7-14)5-8-6-13-11-4-2-1-3-10(8)11;1-2(3)4/h6-10,22,26-28,32-33,38,43-44,47-48H,11-12,14-17H2,1-5H3;6,16-18,23-24,29,35H,7,9-11H2,1-5H3;1-4,6,9,13-14H,5,7,12H2;1H3,(H,3,4)/t22-,26+,27+,28+,32-,33-,38-,41-;16-,17-,18-,23+,24+,29+;9-;/m101./s1. The van der Waals surface area contributed by atoms with E-state index in [0.29, 0.717) is 60.2 Å². The number of aromatic hydroxyl groups is 2. The summed E-state index contributed by atoms with van der Waals surface area (Å²) in [7, 11) is 7.20. The molecule has 10 N–H and O–H groups in total. The fraction of sp³-hybridized carbons (Fsp3) is 0.452. The summed E-state index contributed by atoms with van der Waals surface area (Å²) in [6, 6.07) is 21.0. The van der Waals surface area contributed by atoms with Gasteiger partial charge < -0.3 is 79.1 Å². The number of piperazine rings is 2. The number of carboxylic acid groups (broad SMARTS) is 1. The Balaban J connectivity index is 0.000000143. The number of nitrogens with two attached hydrogens (primary N) is 1. The van der Waals surface area contributed by atoms with Crippen LogP contribution in [0.25, 0.3) is 21.8 Å². The molecule has 592 valence electrons. The Morgan fingerprint density at radius 1 is 0.673 bits per heavy atom. The third kappa shape index (κ3) is 12.1. The average molecular weight is 1580 g/mol. The molecule has 4 fully saturated rings. The number of aromatic nitrogens is 2. The fourth-order valence-electron chi connectivity index (χ4n) is 20.3. The summed E-state index contributed by atoms with van der Waals surface area (Å²) < 4.78 is 48.0. The number of thioether (sulfide) groups is 2. The number of nitriles is 2. The highest BCUT2D eigenvalue weighted by molar-refractivity contribution is 8.00. The van der Waals surface area contributed by atoms with Crippen molar-refractivity contribution in [2.24, 2.45) is 5.73 Å². The van der Waals surface area contributed by atoms with Crippen LogP contribution < -0.4 is 39.5 Å². The van der Waals surface area contributed by atoms with Gasteiger partial charge in [-0.2, -0.15) is 10.5 Å². The number of carboxylic acids is 1. The van der Waals surface area contributed by atoms with Crippen LogP contribution in [0.2, 0.25) is 0 Å². The number of ketones is 1. The number of aryl methyl sites for hydroxylation is 2. The Bertz CT molecular complexity index is 5320. The number of benzene rings is 6. The molecule has 0 saturated carbocycles. The van der Waals surface area contributed by atoms with Crippen LogP contribution in [0.1, 0.15) is 136 Å². The lowest BCUT2D eigenvalue weighted by Crippen LogP contribution is -2.69. The molecule has 12 aliphatic rings. The highest BCUT2D eigenvalue weighted by Gasteiger charge is 2.64. The second-order valence-corrected chi connectivity index (χ2v) is 33.4. The summed E-state index contributed by atoms with van der Waals surface area (Å²) in [5.74, 6) is 1.19. The van der Waals surface area contributed by atoms with Crippen LogP contribution >= 0.6 is 23.5 Å². The number of methoxy groups -OCH3 is 2. The number of phenolic OH excluding ortho intramolecular Hbond substituents is 2. The molecule has 113 heavy (non-hydrogen) atoms. The van der Waals surface area contributed by atoms with E-state index in [4.69, 9.17) is 58.6 Å². The number of Topliss-reactive ketones (excluding diaryl/α,β-unsaturated/α-hetero) is 1. The number of phenols is 2. The summed E-state index contributed by atoms with van der Waals surface area (Å²) >= 11 is 3.03. The van der Waals surface area contributed by atoms with Gasteiger partial charge in [-0.3, -0.25) is 34.5 Å². The summed E-state index contributed by atoms with van der Waals surface area (Å²) in [4.78, 5) is 65.1. The molecular formula is C84H92N10O17S2. The molecule has 15 atom stereocenters. The zero-order valence-corrected chi connectivity index (χ0v) is 66.3. The van der Waals surface area contributed by atoms with E-state index in [9.17, 15) is 40.2 Å². The van der Waals surface area contributed by atoms with E-state index in [1.165, 1.54) is 22.7 Å². The number of cyclic esters (lactones) is 1. The van der Waals surface area contributed by atoms with Crippen LogP contribution in [0.15, 0.2) is 66.9 Å². The van der Waals surface area contributed by atoms with Gasteiger partial charge in [-0.05, 0) is 160 Å². The van der Waals surface area contributed by atoms with Crippen molar-refractivity contribution in [2.45, 2.75) is 163 Å². The Morgan fingerprint density at radius 2 is 1.17 bits per heavy atom. The first-order valence-electron chi connectivity index (χ1n) is 38.0. The molecule has 20 rings (SSSR count). The topological polar surface area (TPSA) is 373 Å². The van der Waals surface area contributed by atoms with Gasteiger partial charge >= 0.3 is 11.9 Å². The van der Waals surface area contributed by atoms with E-state index < -0.39 is 53.4 Å². The maximum atomic E-state index is 14.9.